The second-order valence-electron chi connectivity index (χ2n) is 4.44. The number of hydrogen-bond acceptors (Lipinski definition) is 3. The molecule has 0 saturated carbocycles. The molecule has 0 heterocycles. The minimum Gasteiger partial charge on any atom is -0.394 e. The van der Waals surface area contributed by atoms with E-state index in [9.17, 15) is 4.79 Å². The van der Waals surface area contributed by atoms with Gasteiger partial charge in [0, 0.05) is 23.3 Å². The number of amides is 1. The SMILES string of the molecule is CC(C)Nc1cccc(C(=O)N[C@H](C)CO)c1. The summed E-state index contributed by atoms with van der Waals surface area (Å²) in [5, 5.41) is 14.8. The van der Waals surface area contributed by atoms with Gasteiger partial charge < -0.3 is 15.7 Å². The Labute approximate surface area is 102 Å². The topological polar surface area (TPSA) is 61.4 Å². The Morgan fingerprint density at radius 2 is 2.06 bits per heavy atom. The Bertz CT molecular complexity index is 377. The summed E-state index contributed by atoms with van der Waals surface area (Å²) in [4.78, 5) is 11.8. The van der Waals surface area contributed by atoms with Gasteiger partial charge in [0.25, 0.3) is 5.91 Å². The van der Waals surface area contributed by atoms with Crippen molar-refractivity contribution in [3.8, 4) is 0 Å². The van der Waals surface area contributed by atoms with Crippen molar-refractivity contribution in [2.24, 2.45) is 0 Å². The molecule has 17 heavy (non-hydrogen) atoms. The Morgan fingerprint density at radius 3 is 2.65 bits per heavy atom. The quantitative estimate of drug-likeness (QED) is 0.728. The van der Waals surface area contributed by atoms with Crippen LogP contribution in [0, 0.1) is 0 Å². The average molecular weight is 236 g/mol. The Kier molecular flexibility index (Phi) is 4.97. The first-order valence-corrected chi connectivity index (χ1v) is 5.81. The van der Waals surface area contributed by atoms with E-state index in [0.717, 1.165) is 5.69 Å². The molecule has 0 radical (unpaired) electrons. The number of carbonyl (C=O) groups excluding carboxylic acids is 1. The molecular weight excluding hydrogens is 216 g/mol. The lowest BCUT2D eigenvalue weighted by molar-refractivity contribution is 0.0922. The third kappa shape index (κ3) is 4.44. The molecule has 0 aliphatic carbocycles. The molecule has 0 aliphatic rings. The van der Waals surface area contributed by atoms with Crippen molar-refractivity contribution >= 4 is 11.6 Å². The monoisotopic (exact) mass is 236 g/mol. The number of nitrogens with one attached hydrogen (secondary N) is 2. The van der Waals surface area contributed by atoms with E-state index in [2.05, 4.69) is 10.6 Å². The molecule has 0 saturated heterocycles. The van der Waals surface area contributed by atoms with Crippen molar-refractivity contribution in [3.05, 3.63) is 29.8 Å². The summed E-state index contributed by atoms with van der Waals surface area (Å²) in [6.07, 6.45) is 0. The molecule has 0 fully saturated rings. The molecule has 1 aromatic rings. The normalized spacial score (nSPS) is 12.3. The van der Waals surface area contributed by atoms with Crippen molar-refractivity contribution in [2.45, 2.75) is 32.9 Å². The summed E-state index contributed by atoms with van der Waals surface area (Å²) in [5.74, 6) is -0.168. The van der Waals surface area contributed by atoms with Gasteiger partial charge in [-0.25, -0.2) is 0 Å². The number of hydrogen-bond donors (Lipinski definition) is 3. The predicted molar refractivity (Wildman–Crippen MR) is 69.2 cm³/mol. The van der Waals surface area contributed by atoms with Gasteiger partial charge in [0.2, 0.25) is 0 Å². The highest BCUT2D eigenvalue weighted by Gasteiger charge is 2.09. The van der Waals surface area contributed by atoms with Crippen LogP contribution in [0.5, 0.6) is 0 Å². The molecular formula is C13H20N2O2. The number of aliphatic hydroxyl groups excluding tert-OH is 1. The standard InChI is InChI=1S/C13H20N2O2/c1-9(2)14-12-6-4-5-11(7-12)13(17)15-10(3)8-16/h4-7,9-10,14,16H,8H2,1-3H3,(H,15,17)/t10-/m1/s1. The molecule has 4 heteroatoms. The number of anilines is 1. The fraction of sp³-hybridized carbons (Fsp3) is 0.462. The fourth-order valence-corrected chi connectivity index (χ4v) is 1.44. The Morgan fingerprint density at radius 1 is 1.35 bits per heavy atom. The maximum absolute atomic E-state index is 11.8. The average Bonchev–Trinajstić information content (AvgIpc) is 2.28. The third-order valence-corrected chi connectivity index (χ3v) is 2.23. The van der Waals surface area contributed by atoms with E-state index in [4.69, 9.17) is 5.11 Å². The molecule has 4 nitrogen and oxygen atoms in total. The number of aliphatic hydroxyl groups is 1. The zero-order valence-corrected chi connectivity index (χ0v) is 10.5. The highest BCUT2D eigenvalue weighted by Crippen LogP contribution is 2.11. The molecule has 94 valence electrons. The van der Waals surface area contributed by atoms with Gasteiger partial charge in [-0.15, -0.1) is 0 Å². The van der Waals surface area contributed by atoms with Gasteiger partial charge in [-0.1, -0.05) is 6.07 Å². The lowest BCUT2D eigenvalue weighted by atomic mass is 10.1. The summed E-state index contributed by atoms with van der Waals surface area (Å²) in [6, 6.07) is 7.41. The van der Waals surface area contributed by atoms with Crippen LogP contribution >= 0.6 is 0 Å². The summed E-state index contributed by atoms with van der Waals surface area (Å²) < 4.78 is 0. The molecule has 1 aromatic carbocycles. The largest absolute Gasteiger partial charge is 0.394 e. The van der Waals surface area contributed by atoms with E-state index in [1.807, 2.05) is 26.0 Å². The number of carbonyl (C=O) groups is 1. The van der Waals surface area contributed by atoms with Gasteiger partial charge in [0.15, 0.2) is 0 Å². The molecule has 0 bridgehead atoms. The van der Waals surface area contributed by atoms with Gasteiger partial charge >= 0.3 is 0 Å². The van der Waals surface area contributed by atoms with Crippen LogP contribution in [0.1, 0.15) is 31.1 Å². The molecule has 1 atom stereocenters. The van der Waals surface area contributed by atoms with Crippen molar-refractivity contribution in [2.75, 3.05) is 11.9 Å². The van der Waals surface area contributed by atoms with Crippen LogP contribution in [-0.2, 0) is 0 Å². The molecule has 0 aromatic heterocycles. The van der Waals surface area contributed by atoms with Gasteiger partial charge in [-0.2, -0.15) is 0 Å². The summed E-state index contributed by atoms with van der Waals surface area (Å²) >= 11 is 0. The Hall–Kier alpha value is -1.55. The van der Waals surface area contributed by atoms with Crippen LogP contribution in [0.4, 0.5) is 5.69 Å². The van der Waals surface area contributed by atoms with Crippen molar-refractivity contribution in [3.63, 3.8) is 0 Å². The maximum Gasteiger partial charge on any atom is 0.251 e. The van der Waals surface area contributed by atoms with Crippen molar-refractivity contribution < 1.29 is 9.90 Å². The lowest BCUT2D eigenvalue weighted by Crippen LogP contribution is -2.35. The van der Waals surface area contributed by atoms with Crippen LogP contribution in [0.25, 0.3) is 0 Å². The van der Waals surface area contributed by atoms with E-state index in [-0.39, 0.29) is 18.6 Å². The van der Waals surface area contributed by atoms with E-state index >= 15 is 0 Å². The highest BCUT2D eigenvalue weighted by atomic mass is 16.3. The first kappa shape index (κ1) is 13.5. The highest BCUT2D eigenvalue weighted by molar-refractivity contribution is 5.95. The van der Waals surface area contributed by atoms with Gasteiger partial charge in [0.1, 0.15) is 0 Å². The van der Waals surface area contributed by atoms with Gasteiger partial charge in [-0.3, -0.25) is 4.79 Å². The van der Waals surface area contributed by atoms with Gasteiger partial charge in [-0.05, 0) is 39.0 Å². The van der Waals surface area contributed by atoms with E-state index in [0.29, 0.717) is 11.6 Å². The molecule has 0 unspecified atom stereocenters. The van der Waals surface area contributed by atoms with Crippen LogP contribution in [0.2, 0.25) is 0 Å². The van der Waals surface area contributed by atoms with E-state index in [1.165, 1.54) is 0 Å². The van der Waals surface area contributed by atoms with Crippen LogP contribution in [-0.4, -0.2) is 29.7 Å². The van der Waals surface area contributed by atoms with Crippen LogP contribution in [0.15, 0.2) is 24.3 Å². The lowest BCUT2D eigenvalue weighted by Gasteiger charge is -2.13. The smallest absolute Gasteiger partial charge is 0.251 e. The Balaban J connectivity index is 2.73. The van der Waals surface area contributed by atoms with Crippen molar-refractivity contribution in [1.29, 1.82) is 0 Å². The number of rotatable bonds is 5. The van der Waals surface area contributed by atoms with Gasteiger partial charge in [0.05, 0.1) is 6.61 Å². The predicted octanol–water partition coefficient (Wildman–Crippen LogP) is 1.62. The molecule has 0 spiro atoms. The summed E-state index contributed by atoms with van der Waals surface area (Å²) in [6.45, 7) is 5.78. The zero-order chi connectivity index (χ0) is 12.8. The molecule has 1 rings (SSSR count). The molecule has 0 aliphatic heterocycles. The fourth-order valence-electron chi connectivity index (χ4n) is 1.44. The zero-order valence-electron chi connectivity index (χ0n) is 10.5. The maximum atomic E-state index is 11.8. The molecule has 3 N–H and O–H groups in total. The third-order valence-electron chi connectivity index (χ3n) is 2.23. The molecule has 1 amide bonds. The summed E-state index contributed by atoms with van der Waals surface area (Å²) in [7, 11) is 0. The second kappa shape index (κ2) is 6.25. The number of benzene rings is 1. The minimum atomic E-state index is -0.232. The first-order chi connectivity index (χ1) is 8.02. The first-order valence-electron chi connectivity index (χ1n) is 5.81. The van der Waals surface area contributed by atoms with E-state index < -0.39 is 0 Å². The van der Waals surface area contributed by atoms with Crippen LogP contribution < -0.4 is 10.6 Å². The van der Waals surface area contributed by atoms with E-state index in [1.54, 1.807) is 19.1 Å². The summed E-state index contributed by atoms with van der Waals surface area (Å²) in [5.41, 5.74) is 1.51. The van der Waals surface area contributed by atoms with Crippen molar-refractivity contribution in [1.82, 2.24) is 5.32 Å². The van der Waals surface area contributed by atoms with Crippen LogP contribution in [0.3, 0.4) is 0 Å². The minimum absolute atomic E-state index is 0.0598. The second-order valence-corrected chi connectivity index (χ2v) is 4.44.